The van der Waals surface area contributed by atoms with Crippen molar-refractivity contribution in [2.45, 2.75) is 19.4 Å². The first-order valence-electron chi connectivity index (χ1n) is 4.75. The number of aliphatic carboxylic acids is 1. The van der Waals surface area contributed by atoms with Crippen molar-refractivity contribution in [3.63, 3.8) is 0 Å². The number of primary amides is 1. The van der Waals surface area contributed by atoms with E-state index in [0.29, 0.717) is 0 Å². The first kappa shape index (κ1) is 13.9. The van der Waals surface area contributed by atoms with E-state index < -0.39 is 17.5 Å². The van der Waals surface area contributed by atoms with Crippen molar-refractivity contribution >= 4 is 34.7 Å². The van der Waals surface area contributed by atoms with Crippen LogP contribution in [0.25, 0.3) is 0 Å². The van der Waals surface area contributed by atoms with Gasteiger partial charge in [0.25, 0.3) is 5.91 Å². The first-order valence-corrected chi connectivity index (χ1v) is 5.62. The van der Waals surface area contributed by atoms with Crippen molar-refractivity contribution in [2.24, 2.45) is 10.9 Å². The quantitative estimate of drug-likeness (QED) is 0.500. The molecule has 0 aliphatic rings. The first-order chi connectivity index (χ1) is 8.24. The molecular formula is C9H12N4O4S. The average Bonchev–Trinajstić information content (AvgIpc) is 2.64. The van der Waals surface area contributed by atoms with E-state index in [2.05, 4.69) is 10.1 Å². The second-order valence-electron chi connectivity index (χ2n) is 3.79. The maximum absolute atomic E-state index is 11.2. The van der Waals surface area contributed by atoms with E-state index in [9.17, 15) is 9.59 Å². The van der Waals surface area contributed by atoms with Crippen LogP contribution in [-0.4, -0.2) is 33.3 Å². The van der Waals surface area contributed by atoms with E-state index in [-0.39, 0.29) is 16.5 Å². The minimum Gasteiger partial charge on any atom is -0.478 e. The Hall–Kier alpha value is -2.16. The normalized spacial score (nSPS) is 12.2. The number of carbonyl (C=O) groups excluding carboxylic acids is 1. The minimum atomic E-state index is -1.58. The van der Waals surface area contributed by atoms with Gasteiger partial charge in [-0.05, 0) is 13.8 Å². The number of nitrogens with zero attached hydrogens (tertiary/aromatic N) is 2. The van der Waals surface area contributed by atoms with Gasteiger partial charge in [-0.2, -0.15) is 0 Å². The fraction of sp³-hybridized carbons (Fsp3) is 0.333. The molecule has 0 saturated carbocycles. The summed E-state index contributed by atoms with van der Waals surface area (Å²) in [6, 6.07) is 0. The molecule has 0 spiro atoms. The summed E-state index contributed by atoms with van der Waals surface area (Å²) in [4.78, 5) is 30.6. The van der Waals surface area contributed by atoms with Crippen LogP contribution in [0.3, 0.4) is 0 Å². The molecule has 5 N–H and O–H groups in total. The lowest BCUT2D eigenvalue weighted by Gasteiger charge is -2.16. The monoisotopic (exact) mass is 272 g/mol. The Bertz CT molecular complexity index is 508. The third-order valence-electron chi connectivity index (χ3n) is 1.84. The van der Waals surface area contributed by atoms with Crippen LogP contribution in [0.4, 0.5) is 5.82 Å². The number of thiazole rings is 1. The molecule has 1 aromatic rings. The van der Waals surface area contributed by atoms with Gasteiger partial charge in [0.15, 0.2) is 5.01 Å². The third kappa shape index (κ3) is 3.17. The van der Waals surface area contributed by atoms with Crippen LogP contribution in [-0.2, 0) is 14.4 Å². The number of carbonyl (C=O) groups is 2. The average molecular weight is 272 g/mol. The van der Waals surface area contributed by atoms with Gasteiger partial charge in [0.05, 0.1) is 0 Å². The maximum atomic E-state index is 11.2. The van der Waals surface area contributed by atoms with Crippen molar-refractivity contribution in [3.8, 4) is 0 Å². The van der Waals surface area contributed by atoms with Gasteiger partial charge < -0.3 is 21.4 Å². The maximum Gasteiger partial charge on any atom is 0.350 e. The zero-order valence-electron chi connectivity index (χ0n) is 9.71. The molecule has 0 aromatic carbocycles. The number of hydrogen-bond acceptors (Lipinski definition) is 7. The van der Waals surface area contributed by atoms with E-state index in [4.69, 9.17) is 21.4 Å². The highest BCUT2D eigenvalue weighted by Gasteiger charge is 2.30. The van der Waals surface area contributed by atoms with Crippen molar-refractivity contribution in [3.05, 3.63) is 10.4 Å². The lowest BCUT2D eigenvalue weighted by atomic mass is 10.1. The van der Waals surface area contributed by atoms with Gasteiger partial charge in [-0.15, -0.1) is 11.3 Å². The van der Waals surface area contributed by atoms with E-state index in [1.165, 1.54) is 19.2 Å². The molecule has 18 heavy (non-hydrogen) atoms. The predicted octanol–water partition coefficient (Wildman–Crippen LogP) is -0.206. The van der Waals surface area contributed by atoms with Crippen molar-refractivity contribution in [1.29, 1.82) is 0 Å². The van der Waals surface area contributed by atoms with Gasteiger partial charge in [0.2, 0.25) is 11.3 Å². The van der Waals surface area contributed by atoms with E-state index in [0.717, 1.165) is 11.3 Å². The molecule has 1 rings (SSSR count). The Morgan fingerprint density at radius 3 is 2.56 bits per heavy atom. The largest absolute Gasteiger partial charge is 0.478 e. The third-order valence-corrected chi connectivity index (χ3v) is 2.71. The number of nitrogens with two attached hydrogens (primary N) is 2. The molecule has 8 nitrogen and oxygen atoms in total. The molecule has 0 atom stereocenters. The summed E-state index contributed by atoms with van der Waals surface area (Å²) in [7, 11) is 0. The van der Waals surface area contributed by atoms with Crippen LogP contribution in [0, 0.1) is 0 Å². The smallest absolute Gasteiger partial charge is 0.350 e. The van der Waals surface area contributed by atoms with E-state index in [1.54, 1.807) is 0 Å². The van der Waals surface area contributed by atoms with Crippen LogP contribution < -0.4 is 11.5 Å². The van der Waals surface area contributed by atoms with Gasteiger partial charge in [-0.25, -0.2) is 9.78 Å². The molecule has 98 valence electrons. The number of carboxylic acids is 1. The number of rotatable bonds is 5. The summed E-state index contributed by atoms with van der Waals surface area (Å²) < 4.78 is 0. The van der Waals surface area contributed by atoms with Crippen LogP contribution in [0.5, 0.6) is 0 Å². The minimum absolute atomic E-state index is 0.168. The fourth-order valence-corrected chi connectivity index (χ4v) is 1.48. The summed E-state index contributed by atoms with van der Waals surface area (Å²) >= 11 is 1.05. The van der Waals surface area contributed by atoms with Gasteiger partial charge >= 0.3 is 5.97 Å². The number of amides is 1. The molecule has 0 unspecified atom stereocenters. The number of carboxylic acid groups (broad SMARTS) is 1. The van der Waals surface area contributed by atoms with Crippen molar-refractivity contribution in [2.75, 3.05) is 5.73 Å². The molecule has 1 aromatic heterocycles. The standard InChI is InChI=1S/C9H12N4O4S/c1-9(2,8(15)16)17-13-5(6(11)14)7-12-4(10)3-18-7/h3H,10H2,1-2H3,(H2,11,14)(H,15,16)/b13-5-. The van der Waals surface area contributed by atoms with E-state index >= 15 is 0 Å². The van der Waals surface area contributed by atoms with Crippen molar-refractivity contribution < 1.29 is 19.5 Å². The zero-order chi connectivity index (χ0) is 13.9. The summed E-state index contributed by atoms with van der Waals surface area (Å²) in [5.41, 5.74) is 8.66. The van der Waals surface area contributed by atoms with E-state index in [1.807, 2.05) is 0 Å². The second kappa shape index (κ2) is 5.00. The summed E-state index contributed by atoms with van der Waals surface area (Å²) in [5, 5.41) is 13.9. The van der Waals surface area contributed by atoms with Crippen LogP contribution in [0.2, 0.25) is 0 Å². The van der Waals surface area contributed by atoms with Gasteiger partial charge in [0, 0.05) is 5.38 Å². The fourth-order valence-electron chi connectivity index (χ4n) is 0.783. The lowest BCUT2D eigenvalue weighted by molar-refractivity contribution is -0.161. The Morgan fingerprint density at radius 2 is 2.17 bits per heavy atom. The molecular weight excluding hydrogens is 260 g/mol. The molecule has 0 saturated heterocycles. The van der Waals surface area contributed by atoms with Crippen LogP contribution >= 0.6 is 11.3 Å². The van der Waals surface area contributed by atoms with Crippen LogP contribution in [0.15, 0.2) is 10.5 Å². The number of oxime groups is 1. The summed E-state index contributed by atoms with van der Waals surface area (Å²) in [5.74, 6) is -1.90. The SMILES string of the molecule is CC(C)(O/N=C(/C(N)=O)c1nc(N)cs1)C(=O)O. The Kier molecular flexibility index (Phi) is 3.86. The number of hydrogen-bond donors (Lipinski definition) is 3. The number of aromatic nitrogens is 1. The molecule has 0 fully saturated rings. The summed E-state index contributed by atoms with van der Waals surface area (Å²) in [6.45, 7) is 2.57. The highest BCUT2D eigenvalue weighted by Crippen LogP contribution is 2.15. The highest BCUT2D eigenvalue weighted by molar-refractivity contribution is 7.13. The molecule has 0 bridgehead atoms. The van der Waals surface area contributed by atoms with Gasteiger partial charge in [-0.3, -0.25) is 4.79 Å². The second-order valence-corrected chi connectivity index (χ2v) is 4.65. The molecule has 0 aliphatic carbocycles. The van der Waals surface area contributed by atoms with Gasteiger partial charge in [-0.1, -0.05) is 5.16 Å². The van der Waals surface area contributed by atoms with Crippen molar-refractivity contribution in [1.82, 2.24) is 4.98 Å². The Labute approximate surface area is 106 Å². The molecule has 1 heterocycles. The number of anilines is 1. The topological polar surface area (TPSA) is 141 Å². The summed E-state index contributed by atoms with van der Waals surface area (Å²) in [6.07, 6.45) is 0. The number of nitrogen functional groups attached to an aromatic ring is 1. The zero-order valence-corrected chi connectivity index (χ0v) is 10.5. The Morgan fingerprint density at radius 1 is 1.56 bits per heavy atom. The lowest BCUT2D eigenvalue weighted by Crippen LogP contribution is -2.34. The Balaban J connectivity index is 3.01. The van der Waals surface area contributed by atoms with Gasteiger partial charge in [0.1, 0.15) is 5.82 Å². The predicted molar refractivity (Wildman–Crippen MR) is 65.1 cm³/mol. The molecule has 1 amide bonds. The van der Waals surface area contributed by atoms with Crippen LogP contribution in [0.1, 0.15) is 18.9 Å². The molecule has 9 heteroatoms. The highest BCUT2D eigenvalue weighted by atomic mass is 32.1. The molecule has 0 radical (unpaired) electrons. The molecule has 0 aliphatic heterocycles.